The quantitative estimate of drug-likeness (QED) is 0.905. The summed E-state index contributed by atoms with van der Waals surface area (Å²) in [6.45, 7) is 5.11. The maximum atomic E-state index is 12.6. The third-order valence-electron chi connectivity index (χ3n) is 4.40. The van der Waals surface area contributed by atoms with Crippen LogP contribution in [-0.2, 0) is 14.6 Å². The van der Waals surface area contributed by atoms with E-state index < -0.39 is 26.6 Å². The normalized spacial score (nSPS) is 21.7. The van der Waals surface area contributed by atoms with E-state index in [4.69, 9.17) is 0 Å². The molecule has 6 nitrogen and oxygen atoms in total. The Morgan fingerprint density at radius 3 is 2.26 bits per heavy atom. The maximum Gasteiger partial charge on any atom is 0.329 e. The molecule has 1 atom stereocenters. The third kappa shape index (κ3) is 2.97. The molecule has 0 bridgehead atoms. The number of sulfone groups is 1. The minimum Gasteiger partial charge on any atom is -0.480 e. The predicted molar refractivity (Wildman–Crippen MR) is 85.1 cm³/mol. The van der Waals surface area contributed by atoms with E-state index in [2.05, 4.69) is 0 Å². The van der Waals surface area contributed by atoms with Gasteiger partial charge in [-0.05, 0) is 57.9 Å². The van der Waals surface area contributed by atoms with Crippen molar-refractivity contribution in [2.24, 2.45) is 0 Å². The second-order valence-corrected chi connectivity index (χ2v) is 8.76. The minimum atomic E-state index is -3.39. The molecule has 1 amide bonds. The van der Waals surface area contributed by atoms with E-state index in [1.807, 2.05) is 0 Å². The Morgan fingerprint density at radius 2 is 1.78 bits per heavy atom. The fraction of sp³-hybridized carbons (Fsp3) is 0.500. The number of carbonyl (C=O) groups excluding carboxylic acids is 1. The van der Waals surface area contributed by atoms with E-state index in [9.17, 15) is 23.1 Å². The van der Waals surface area contributed by atoms with Gasteiger partial charge in [0.2, 0.25) is 0 Å². The molecular weight excluding hydrogens is 318 g/mol. The summed E-state index contributed by atoms with van der Waals surface area (Å²) in [6, 6.07) is 5.68. The molecule has 7 heteroatoms. The van der Waals surface area contributed by atoms with Crippen LogP contribution in [0.15, 0.2) is 29.2 Å². The molecule has 23 heavy (non-hydrogen) atoms. The topological polar surface area (TPSA) is 91.8 Å². The van der Waals surface area contributed by atoms with Gasteiger partial charge in [0.1, 0.15) is 5.54 Å². The lowest BCUT2D eigenvalue weighted by Crippen LogP contribution is -2.50. The highest BCUT2D eigenvalue weighted by atomic mass is 32.2. The zero-order valence-corrected chi connectivity index (χ0v) is 14.3. The van der Waals surface area contributed by atoms with Crippen LogP contribution in [0.1, 0.15) is 44.0 Å². The zero-order valence-electron chi connectivity index (χ0n) is 13.4. The van der Waals surface area contributed by atoms with E-state index >= 15 is 0 Å². The second-order valence-electron chi connectivity index (χ2n) is 6.26. The largest absolute Gasteiger partial charge is 0.480 e. The van der Waals surface area contributed by atoms with Crippen LogP contribution in [0, 0.1) is 0 Å². The number of benzene rings is 1. The van der Waals surface area contributed by atoms with Gasteiger partial charge in [-0.25, -0.2) is 13.2 Å². The number of hydrogen-bond acceptors (Lipinski definition) is 4. The molecule has 0 aromatic heterocycles. The van der Waals surface area contributed by atoms with Crippen molar-refractivity contribution in [2.45, 2.75) is 49.3 Å². The number of aliphatic carboxylic acids is 1. The summed E-state index contributed by atoms with van der Waals surface area (Å²) in [6.07, 6.45) is 1.04. The molecule has 1 N–H and O–H groups in total. The van der Waals surface area contributed by atoms with Crippen LogP contribution >= 0.6 is 0 Å². The number of amides is 1. The lowest BCUT2D eigenvalue weighted by molar-refractivity contribution is -0.147. The van der Waals surface area contributed by atoms with Gasteiger partial charge in [-0.3, -0.25) is 4.79 Å². The van der Waals surface area contributed by atoms with Gasteiger partial charge in [0.25, 0.3) is 5.91 Å². The molecule has 1 saturated heterocycles. The smallest absolute Gasteiger partial charge is 0.329 e. The third-order valence-corrected chi connectivity index (χ3v) is 6.57. The van der Waals surface area contributed by atoms with Crippen molar-refractivity contribution >= 4 is 21.7 Å². The van der Waals surface area contributed by atoms with Gasteiger partial charge < -0.3 is 10.0 Å². The Hall–Kier alpha value is -1.89. The van der Waals surface area contributed by atoms with Gasteiger partial charge in [-0.1, -0.05) is 0 Å². The molecule has 1 heterocycles. The molecule has 1 aliphatic rings. The highest BCUT2D eigenvalue weighted by Gasteiger charge is 2.46. The van der Waals surface area contributed by atoms with Gasteiger partial charge in [0, 0.05) is 12.1 Å². The van der Waals surface area contributed by atoms with Crippen LogP contribution in [0.25, 0.3) is 0 Å². The molecule has 0 saturated carbocycles. The molecule has 0 spiro atoms. The van der Waals surface area contributed by atoms with Crippen LogP contribution in [-0.4, -0.2) is 47.6 Å². The van der Waals surface area contributed by atoms with Crippen molar-refractivity contribution in [2.75, 3.05) is 6.54 Å². The maximum absolute atomic E-state index is 12.6. The summed E-state index contributed by atoms with van der Waals surface area (Å²) in [5, 5.41) is 8.83. The highest BCUT2D eigenvalue weighted by molar-refractivity contribution is 7.92. The SMILES string of the molecule is CC(C)S(=O)(=O)c1ccc(C(=O)N2CCCC2(C)C(=O)O)cc1. The summed E-state index contributed by atoms with van der Waals surface area (Å²) in [7, 11) is -3.39. The molecule has 1 aromatic rings. The molecule has 1 unspecified atom stereocenters. The minimum absolute atomic E-state index is 0.159. The Morgan fingerprint density at radius 1 is 1.22 bits per heavy atom. The Labute approximate surface area is 136 Å². The first-order valence-electron chi connectivity index (χ1n) is 7.50. The first kappa shape index (κ1) is 17.5. The van der Waals surface area contributed by atoms with Crippen LogP contribution < -0.4 is 0 Å². The summed E-state index contributed by atoms with van der Waals surface area (Å²) in [5.41, 5.74) is -0.915. The second kappa shape index (κ2) is 5.96. The van der Waals surface area contributed by atoms with Gasteiger partial charge in [0.05, 0.1) is 10.1 Å². The fourth-order valence-corrected chi connectivity index (χ4v) is 3.79. The van der Waals surface area contributed by atoms with E-state index in [1.54, 1.807) is 13.8 Å². The zero-order chi connectivity index (χ0) is 17.4. The van der Waals surface area contributed by atoms with Crippen molar-refractivity contribution < 1.29 is 23.1 Å². The highest BCUT2D eigenvalue weighted by Crippen LogP contribution is 2.31. The summed E-state index contributed by atoms with van der Waals surface area (Å²) < 4.78 is 24.2. The van der Waals surface area contributed by atoms with E-state index in [-0.39, 0.29) is 10.8 Å². The van der Waals surface area contributed by atoms with Crippen LogP contribution in [0.4, 0.5) is 0 Å². The monoisotopic (exact) mass is 339 g/mol. The van der Waals surface area contributed by atoms with Crippen LogP contribution in [0.5, 0.6) is 0 Å². The molecule has 1 fully saturated rings. The molecule has 0 aliphatic carbocycles. The first-order chi connectivity index (χ1) is 10.6. The number of hydrogen-bond donors (Lipinski definition) is 1. The van der Waals surface area contributed by atoms with E-state index in [0.717, 1.165) is 0 Å². The molecule has 126 valence electrons. The number of carbonyl (C=O) groups is 2. The first-order valence-corrected chi connectivity index (χ1v) is 9.04. The number of likely N-dealkylation sites (tertiary alicyclic amines) is 1. The number of carboxylic acid groups (broad SMARTS) is 1. The summed E-state index contributed by atoms with van der Waals surface area (Å²) in [5.74, 6) is -1.41. The van der Waals surface area contributed by atoms with Gasteiger partial charge in [-0.15, -0.1) is 0 Å². The van der Waals surface area contributed by atoms with Gasteiger partial charge in [0.15, 0.2) is 9.84 Å². The van der Waals surface area contributed by atoms with Gasteiger partial charge >= 0.3 is 5.97 Å². The summed E-state index contributed by atoms with van der Waals surface area (Å²) >= 11 is 0. The Balaban J connectivity index is 2.30. The van der Waals surface area contributed by atoms with Crippen LogP contribution in [0.2, 0.25) is 0 Å². The van der Waals surface area contributed by atoms with E-state index in [1.165, 1.54) is 36.1 Å². The Bertz CT molecular complexity index is 723. The number of rotatable bonds is 4. The van der Waals surface area contributed by atoms with Crippen molar-refractivity contribution in [3.63, 3.8) is 0 Å². The average Bonchev–Trinajstić information content (AvgIpc) is 2.90. The lowest BCUT2D eigenvalue weighted by atomic mass is 9.98. The number of nitrogens with zero attached hydrogens (tertiary/aromatic N) is 1. The molecule has 0 radical (unpaired) electrons. The fourth-order valence-electron chi connectivity index (χ4n) is 2.73. The standard InChI is InChI=1S/C16H21NO5S/c1-11(2)23(21,22)13-7-5-12(6-8-13)14(18)17-10-4-9-16(17,3)15(19)20/h5-8,11H,4,9-10H2,1-3H3,(H,19,20). The van der Waals surface area contributed by atoms with Crippen LogP contribution in [0.3, 0.4) is 0 Å². The summed E-state index contributed by atoms with van der Waals surface area (Å²) in [4.78, 5) is 25.5. The molecular formula is C16H21NO5S. The average molecular weight is 339 g/mol. The number of carboxylic acids is 1. The predicted octanol–water partition coefficient (Wildman–Crippen LogP) is 1.95. The van der Waals surface area contributed by atoms with Crippen molar-refractivity contribution in [1.82, 2.24) is 4.90 Å². The molecule has 1 aromatic carbocycles. The molecule has 2 rings (SSSR count). The Kier molecular flexibility index (Phi) is 4.52. The van der Waals surface area contributed by atoms with Gasteiger partial charge in [-0.2, -0.15) is 0 Å². The lowest BCUT2D eigenvalue weighted by Gasteiger charge is -2.31. The molecule has 1 aliphatic heterocycles. The van der Waals surface area contributed by atoms with Crippen molar-refractivity contribution in [3.05, 3.63) is 29.8 Å². The van der Waals surface area contributed by atoms with Crippen molar-refractivity contribution in [3.8, 4) is 0 Å². The van der Waals surface area contributed by atoms with E-state index in [0.29, 0.717) is 24.9 Å². The van der Waals surface area contributed by atoms with Crippen molar-refractivity contribution in [1.29, 1.82) is 0 Å².